The molecule has 0 saturated heterocycles. The number of benzene rings is 1. The quantitative estimate of drug-likeness (QED) is 0.803. The van der Waals surface area contributed by atoms with Gasteiger partial charge in [0.25, 0.3) is 0 Å². The van der Waals surface area contributed by atoms with Crippen molar-refractivity contribution in [2.24, 2.45) is 5.41 Å². The standard InChI is InChI=1S/C19H31N/c1-5-11-20-18(14-19(2,3)4)13-15-9-10-16-7-6-8-17(16)12-15/h9-10,12,18,20H,5-8,11,13-14H2,1-4H3. The van der Waals surface area contributed by atoms with Crippen molar-refractivity contribution in [2.45, 2.75) is 72.3 Å². The molecule has 1 aliphatic rings. The van der Waals surface area contributed by atoms with Crippen LogP contribution in [-0.2, 0) is 19.3 Å². The van der Waals surface area contributed by atoms with Gasteiger partial charge in [0, 0.05) is 6.04 Å². The van der Waals surface area contributed by atoms with Crippen LogP contribution in [0.5, 0.6) is 0 Å². The Labute approximate surface area is 125 Å². The van der Waals surface area contributed by atoms with E-state index in [4.69, 9.17) is 0 Å². The lowest BCUT2D eigenvalue weighted by Gasteiger charge is -2.27. The van der Waals surface area contributed by atoms with Gasteiger partial charge in [-0.1, -0.05) is 45.9 Å². The Bertz CT molecular complexity index is 428. The third-order valence-electron chi connectivity index (χ3n) is 4.19. The third kappa shape index (κ3) is 4.63. The first-order valence-corrected chi connectivity index (χ1v) is 8.32. The van der Waals surface area contributed by atoms with Crippen LogP contribution < -0.4 is 5.32 Å². The zero-order chi connectivity index (χ0) is 14.6. The van der Waals surface area contributed by atoms with Gasteiger partial charge in [-0.15, -0.1) is 0 Å². The molecule has 0 saturated carbocycles. The van der Waals surface area contributed by atoms with Gasteiger partial charge in [-0.25, -0.2) is 0 Å². The minimum atomic E-state index is 0.391. The van der Waals surface area contributed by atoms with E-state index >= 15 is 0 Å². The van der Waals surface area contributed by atoms with Crippen LogP contribution in [0.4, 0.5) is 0 Å². The van der Waals surface area contributed by atoms with Gasteiger partial charge in [0.2, 0.25) is 0 Å². The summed E-state index contributed by atoms with van der Waals surface area (Å²) in [5, 5.41) is 3.74. The highest BCUT2D eigenvalue weighted by molar-refractivity contribution is 5.35. The SMILES string of the molecule is CCCNC(Cc1ccc2c(c1)CCC2)CC(C)(C)C. The topological polar surface area (TPSA) is 12.0 Å². The average Bonchev–Trinajstić information content (AvgIpc) is 2.81. The van der Waals surface area contributed by atoms with Gasteiger partial charge in [-0.2, -0.15) is 0 Å². The van der Waals surface area contributed by atoms with Crippen molar-refractivity contribution in [1.82, 2.24) is 5.32 Å². The minimum Gasteiger partial charge on any atom is -0.314 e. The van der Waals surface area contributed by atoms with Crippen molar-refractivity contribution < 1.29 is 0 Å². The Balaban J connectivity index is 2.02. The monoisotopic (exact) mass is 273 g/mol. The van der Waals surface area contributed by atoms with Crippen LogP contribution in [0.3, 0.4) is 0 Å². The van der Waals surface area contributed by atoms with Crippen LogP contribution in [-0.4, -0.2) is 12.6 Å². The molecule has 0 fully saturated rings. The Hall–Kier alpha value is -0.820. The lowest BCUT2D eigenvalue weighted by molar-refractivity contribution is 0.306. The number of hydrogen-bond donors (Lipinski definition) is 1. The lowest BCUT2D eigenvalue weighted by atomic mass is 9.85. The van der Waals surface area contributed by atoms with Gasteiger partial charge in [0.1, 0.15) is 0 Å². The first-order chi connectivity index (χ1) is 9.48. The second-order valence-electron chi connectivity index (χ2n) is 7.58. The van der Waals surface area contributed by atoms with Crippen LogP contribution in [0, 0.1) is 5.41 Å². The first kappa shape index (κ1) is 15.6. The molecule has 0 heterocycles. The summed E-state index contributed by atoms with van der Waals surface area (Å²) in [5.41, 5.74) is 5.10. The molecular formula is C19H31N. The number of aryl methyl sites for hydroxylation is 2. The van der Waals surface area contributed by atoms with Crippen molar-refractivity contribution in [2.75, 3.05) is 6.54 Å². The fourth-order valence-corrected chi connectivity index (χ4v) is 3.34. The summed E-state index contributed by atoms with van der Waals surface area (Å²) in [6, 6.07) is 7.79. The van der Waals surface area contributed by atoms with Crippen molar-refractivity contribution in [1.29, 1.82) is 0 Å². The molecule has 0 aliphatic heterocycles. The highest BCUT2D eigenvalue weighted by Gasteiger charge is 2.19. The molecule has 1 aromatic carbocycles. The second-order valence-corrected chi connectivity index (χ2v) is 7.58. The van der Waals surface area contributed by atoms with Crippen molar-refractivity contribution in [3.05, 3.63) is 34.9 Å². The van der Waals surface area contributed by atoms with E-state index in [9.17, 15) is 0 Å². The van der Waals surface area contributed by atoms with Crippen molar-refractivity contribution in [3.63, 3.8) is 0 Å². The molecule has 1 nitrogen and oxygen atoms in total. The van der Waals surface area contributed by atoms with Crippen LogP contribution in [0.15, 0.2) is 18.2 Å². The van der Waals surface area contributed by atoms with E-state index in [1.165, 1.54) is 44.1 Å². The fraction of sp³-hybridized carbons (Fsp3) is 0.684. The Morgan fingerprint density at radius 1 is 1.15 bits per heavy atom. The van der Waals surface area contributed by atoms with E-state index in [2.05, 4.69) is 51.2 Å². The molecule has 0 bridgehead atoms. The Morgan fingerprint density at radius 2 is 1.90 bits per heavy atom. The van der Waals surface area contributed by atoms with Gasteiger partial charge >= 0.3 is 0 Å². The van der Waals surface area contributed by atoms with E-state index < -0.39 is 0 Å². The van der Waals surface area contributed by atoms with Crippen LogP contribution in [0.2, 0.25) is 0 Å². The van der Waals surface area contributed by atoms with Gasteiger partial charge < -0.3 is 5.32 Å². The maximum absolute atomic E-state index is 3.74. The van der Waals surface area contributed by atoms with Crippen LogP contribution in [0.25, 0.3) is 0 Å². The number of rotatable bonds is 6. The predicted molar refractivity (Wildman–Crippen MR) is 88.3 cm³/mol. The molecule has 0 amide bonds. The molecule has 1 unspecified atom stereocenters. The summed E-state index contributed by atoms with van der Waals surface area (Å²) in [7, 11) is 0. The van der Waals surface area contributed by atoms with E-state index in [1.54, 1.807) is 11.1 Å². The van der Waals surface area contributed by atoms with Crippen LogP contribution in [0.1, 0.15) is 63.6 Å². The van der Waals surface area contributed by atoms with Gasteiger partial charge in [0.05, 0.1) is 0 Å². The fourth-order valence-electron chi connectivity index (χ4n) is 3.34. The summed E-state index contributed by atoms with van der Waals surface area (Å²) < 4.78 is 0. The molecule has 1 N–H and O–H groups in total. The van der Waals surface area contributed by atoms with Crippen molar-refractivity contribution >= 4 is 0 Å². The predicted octanol–water partition coefficient (Wildman–Crippen LogP) is 4.52. The summed E-state index contributed by atoms with van der Waals surface area (Å²) in [6.07, 6.45) is 7.54. The summed E-state index contributed by atoms with van der Waals surface area (Å²) in [5.74, 6) is 0. The van der Waals surface area contributed by atoms with E-state index in [1.807, 2.05) is 0 Å². The van der Waals surface area contributed by atoms with Gasteiger partial charge in [-0.3, -0.25) is 0 Å². The molecule has 0 radical (unpaired) electrons. The molecule has 1 aliphatic carbocycles. The van der Waals surface area contributed by atoms with E-state index in [0.717, 1.165) is 6.54 Å². The van der Waals surface area contributed by atoms with Crippen molar-refractivity contribution in [3.8, 4) is 0 Å². The largest absolute Gasteiger partial charge is 0.314 e. The van der Waals surface area contributed by atoms with E-state index in [0.29, 0.717) is 11.5 Å². The van der Waals surface area contributed by atoms with Crippen LogP contribution >= 0.6 is 0 Å². The minimum absolute atomic E-state index is 0.391. The number of fused-ring (bicyclic) bond motifs is 1. The van der Waals surface area contributed by atoms with E-state index in [-0.39, 0.29) is 0 Å². The zero-order valence-corrected chi connectivity index (χ0v) is 13.8. The molecular weight excluding hydrogens is 242 g/mol. The average molecular weight is 273 g/mol. The Kier molecular flexibility index (Phi) is 5.26. The highest BCUT2D eigenvalue weighted by atomic mass is 14.9. The van der Waals surface area contributed by atoms with Gasteiger partial charge in [0.15, 0.2) is 0 Å². The third-order valence-corrected chi connectivity index (χ3v) is 4.19. The summed E-state index contributed by atoms with van der Waals surface area (Å²) in [4.78, 5) is 0. The lowest BCUT2D eigenvalue weighted by Crippen LogP contribution is -2.35. The zero-order valence-electron chi connectivity index (χ0n) is 13.8. The summed E-state index contributed by atoms with van der Waals surface area (Å²) in [6.45, 7) is 10.4. The molecule has 1 heteroatoms. The molecule has 0 aromatic heterocycles. The first-order valence-electron chi connectivity index (χ1n) is 8.32. The molecule has 2 rings (SSSR count). The molecule has 1 atom stereocenters. The number of hydrogen-bond acceptors (Lipinski definition) is 1. The van der Waals surface area contributed by atoms with Gasteiger partial charge in [-0.05, 0) is 67.2 Å². The Morgan fingerprint density at radius 3 is 2.60 bits per heavy atom. The molecule has 112 valence electrons. The maximum atomic E-state index is 3.74. The second kappa shape index (κ2) is 6.76. The molecule has 20 heavy (non-hydrogen) atoms. The molecule has 1 aromatic rings. The molecule has 0 spiro atoms. The maximum Gasteiger partial charge on any atom is 0.0112 e. The highest BCUT2D eigenvalue weighted by Crippen LogP contribution is 2.26. The normalized spacial score (nSPS) is 16.2. The number of nitrogens with one attached hydrogen (secondary N) is 1. The smallest absolute Gasteiger partial charge is 0.0112 e. The summed E-state index contributed by atoms with van der Waals surface area (Å²) >= 11 is 0.